The minimum Gasteiger partial charge on any atom is -0.481 e. The molecule has 0 saturated heterocycles. The summed E-state index contributed by atoms with van der Waals surface area (Å²) in [5.41, 5.74) is 0.656. The molecule has 0 bridgehead atoms. The topological polar surface area (TPSA) is 83.5 Å². The van der Waals surface area contributed by atoms with Crippen molar-refractivity contribution in [1.82, 2.24) is 5.32 Å². The van der Waals surface area contributed by atoms with E-state index in [9.17, 15) is 14.4 Å². The van der Waals surface area contributed by atoms with Gasteiger partial charge in [-0.25, -0.2) is 0 Å². The van der Waals surface area contributed by atoms with Crippen LogP contribution in [0.3, 0.4) is 0 Å². The SMILES string of the molecule is O=C(O)CCCCCCCCCCNC(=O)CCC(=O)c1ccccc1. The van der Waals surface area contributed by atoms with E-state index in [4.69, 9.17) is 5.11 Å². The number of carboxylic acid groups (broad SMARTS) is 1. The Hall–Kier alpha value is -2.17. The Balaban J connectivity index is 1.91. The lowest BCUT2D eigenvalue weighted by Crippen LogP contribution is -2.24. The summed E-state index contributed by atoms with van der Waals surface area (Å²) in [6.07, 6.45) is 9.10. The van der Waals surface area contributed by atoms with Crippen LogP contribution in [0, 0.1) is 0 Å². The lowest BCUT2D eigenvalue weighted by Gasteiger charge is -2.05. The Morgan fingerprint density at radius 1 is 0.731 bits per heavy atom. The molecule has 0 aliphatic heterocycles. The smallest absolute Gasteiger partial charge is 0.303 e. The highest BCUT2D eigenvalue weighted by molar-refractivity contribution is 5.97. The van der Waals surface area contributed by atoms with Crippen LogP contribution in [-0.2, 0) is 9.59 Å². The van der Waals surface area contributed by atoms with Crippen molar-refractivity contribution >= 4 is 17.7 Å². The van der Waals surface area contributed by atoms with Crippen molar-refractivity contribution in [3.8, 4) is 0 Å². The molecule has 0 saturated carbocycles. The summed E-state index contributed by atoms with van der Waals surface area (Å²) < 4.78 is 0. The molecule has 5 nitrogen and oxygen atoms in total. The molecule has 0 aliphatic rings. The number of nitrogens with one attached hydrogen (secondary N) is 1. The van der Waals surface area contributed by atoms with E-state index in [2.05, 4.69) is 5.32 Å². The number of carboxylic acids is 1. The first-order valence-electron chi connectivity index (χ1n) is 9.66. The summed E-state index contributed by atoms with van der Waals surface area (Å²) in [5.74, 6) is -0.770. The van der Waals surface area contributed by atoms with Crippen LogP contribution in [-0.4, -0.2) is 29.3 Å². The van der Waals surface area contributed by atoms with Gasteiger partial charge in [-0.3, -0.25) is 14.4 Å². The van der Waals surface area contributed by atoms with Crippen molar-refractivity contribution in [2.75, 3.05) is 6.54 Å². The molecule has 0 radical (unpaired) electrons. The molecule has 1 rings (SSSR count). The minimum atomic E-state index is -0.712. The third kappa shape index (κ3) is 11.4. The van der Waals surface area contributed by atoms with Gasteiger partial charge in [0.1, 0.15) is 0 Å². The fraction of sp³-hybridized carbons (Fsp3) is 0.571. The first kappa shape index (κ1) is 21.9. The number of carbonyl (C=O) groups is 3. The maximum Gasteiger partial charge on any atom is 0.303 e. The second-order valence-electron chi connectivity index (χ2n) is 6.61. The molecular weight excluding hydrogens is 330 g/mol. The zero-order valence-corrected chi connectivity index (χ0v) is 15.5. The number of aliphatic carboxylic acids is 1. The summed E-state index contributed by atoms with van der Waals surface area (Å²) >= 11 is 0. The number of benzene rings is 1. The predicted octanol–water partition coefficient (Wildman–Crippen LogP) is 4.36. The number of rotatable bonds is 15. The van der Waals surface area contributed by atoms with Gasteiger partial charge in [-0.1, -0.05) is 68.9 Å². The van der Waals surface area contributed by atoms with E-state index in [0.717, 1.165) is 51.4 Å². The molecule has 1 aromatic carbocycles. The molecule has 0 spiro atoms. The van der Waals surface area contributed by atoms with Gasteiger partial charge in [0, 0.05) is 31.4 Å². The first-order valence-corrected chi connectivity index (χ1v) is 9.66. The van der Waals surface area contributed by atoms with Crippen LogP contribution in [0.4, 0.5) is 0 Å². The minimum absolute atomic E-state index is 0.00380. The van der Waals surface area contributed by atoms with Gasteiger partial charge in [0.25, 0.3) is 0 Å². The number of Topliss-reactive ketones (excluding diaryl/α,β-unsaturated/α-hetero) is 1. The van der Waals surface area contributed by atoms with Crippen molar-refractivity contribution in [3.63, 3.8) is 0 Å². The average molecular weight is 361 g/mol. The number of unbranched alkanes of at least 4 members (excludes halogenated alkanes) is 7. The predicted molar refractivity (Wildman–Crippen MR) is 102 cm³/mol. The largest absolute Gasteiger partial charge is 0.481 e. The van der Waals surface area contributed by atoms with Gasteiger partial charge < -0.3 is 10.4 Å². The number of hydrogen-bond acceptors (Lipinski definition) is 3. The summed E-state index contributed by atoms with van der Waals surface area (Å²) in [6, 6.07) is 9.05. The van der Waals surface area contributed by atoms with Gasteiger partial charge in [0.05, 0.1) is 0 Å². The molecule has 1 aromatic rings. The van der Waals surface area contributed by atoms with Gasteiger partial charge in [0.15, 0.2) is 5.78 Å². The number of carbonyl (C=O) groups excluding carboxylic acids is 2. The molecule has 26 heavy (non-hydrogen) atoms. The van der Waals surface area contributed by atoms with E-state index in [-0.39, 0.29) is 31.0 Å². The summed E-state index contributed by atoms with van der Waals surface area (Å²) in [5, 5.41) is 11.4. The van der Waals surface area contributed by atoms with Crippen LogP contribution >= 0.6 is 0 Å². The van der Waals surface area contributed by atoms with E-state index >= 15 is 0 Å². The van der Waals surface area contributed by atoms with Gasteiger partial charge in [0.2, 0.25) is 5.91 Å². The van der Waals surface area contributed by atoms with Crippen LogP contribution in [0.25, 0.3) is 0 Å². The molecule has 0 unspecified atom stereocenters. The van der Waals surface area contributed by atoms with Crippen LogP contribution in [0.15, 0.2) is 30.3 Å². The van der Waals surface area contributed by atoms with Gasteiger partial charge >= 0.3 is 5.97 Å². The number of hydrogen-bond donors (Lipinski definition) is 2. The Bertz CT molecular complexity index is 542. The quantitative estimate of drug-likeness (QED) is 0.359. The standard InChI is InChI=1S/C21H31NO4/c23-19(18-12-8-7-9-13-18)15-16-20(24)22-17-11-6-4-2-1-3-5-10-14-21(25)26/h7-9,12-13H,1-6,10-11,14-17H2,(H,22,24)(H,25,26). The van der Waals surface area contributed by atoms with Gasteiger partial charge in [-0.15, -0.1) is 0 Å². The molecule has 144 valence electrons. The molecule has 2 N–H and O–H groups in total. The number of amides is 1. The Morgan fingerprint density at radius 2 is 1.31 bits per heavy atom. The van der Waals surface area contributed by atoms with E-state index in [0.29, 0.717) is 12.1 Å². The molecule has 0 fully saturated rings. The lowest BCUT2D eigenvalue weighted by molar-refractivity contribution is -0.137. The highest BCUT2D eigenvalue weighted by Crippen LogP contribution is 2.09. The van der Waals surface area contributed by atoms with Crippen LogP contribution < -0.4 is 5.32 Å². The average Bonchev–Trinajstić information content (AvgIpc) is 2.64. The van der Waals surface area contributed by atoms with Crippen molar-refractivity contribution in [2.45, 2.75) is 70.6 Å². The van der Waals surface area contributed by atoms with Crippen molar-refractivity contribution in [3.05, 3.63) is 35.9 Å². The lowest BCUT2D eigenvalue weighted by atomic mass is 10.1. The molecule has 0 heterocycles. The Kier molecular flexibility index (Phi) is 11.8. The molecule has 1 amide bonds. The molecular formula is C21H31NO4. The Labute approximate surface area is 156 Å². The fourth-order valence-corrected chi connectivity index (χ4v) is 2.77. The van der Waals surface area contributed by atoms with Crippen molar-refractivity contribution < 1.29 is 19.5 Å². The summed E-state index contributed by atoms with van der Waals surface area (Å²) in [6.45, 7) is 0.664. The van der Waals surface area contributed by atoms with Crippen LogP contribution in [0.1, 0.15) is 81.0 Å². The molecule has 0 aromatic heterocycles. The second kappa shape index (κ2) is 14.0. The monoisotopic (exact) mass is 361 g/mol. The number of ketones is 1. The van der Waals surface area contributed by atoms with E-state index < -0.39 is 5.97 Å². The maximum atomic E-state index is 11.9. The Morgan fingerprint density at radius 3 is 1.92 bits per heavy atom. The zero-order chi connectivity index (χ0) is 19.0. The highest BCUT2D eigenvalue weighted by Gasteiger charge is 2.08. The van der Waals surface area contributed by atoms with Crippen molar-refractivity contribution in [2.24, 2.45) is 0 Å². The highest BCUT2D eigenvalue weighted by atomic mass is 16.4. The first-order chi connectivity index (χ1) is 12.6. The zero-order valence-electron chi connectivity index (χ0n) is 15.5. The van der Waals surface area contributed by atoms with E-state index in [1.54, 1.807) is 12.1 Å². The second-order valence-corrected chi connectivity index (χ2v) is 6.61. The van der Waals surface area contributed by atoms with E-state index in [1.807, 2.05) is 18.2 Å². The van der Waals surface area contributed by atoms with Crippen LogP contribution in [0.2, 0.25) is 0 Å². The molecule has 0 aliphatic carbocycles. The van der Waals surface area contributed by atoms with Gasteiger partial charge in [-0.05, 0) is 12.8 Å². The third-order valence-corrected chi connectivity index (χ3v) is 4.31. The third-order valence-electron chi connectivity index (χ3n) is 4.31. The summed E-state index contributed by atoms with van der Waals surface area (Å²) in [7, 11) is 0. The summed E-state index contributed by atoms with van der Waals surface area (Å²) in [4.78, 5) is 34.0. The van der Waals surface area contributed by atoms with Crippen LogP contribution in [0.5, 0.6) is 0 Å². The van der Waals surface area contributed by atoms with Crippen molar-refractivity contribution in [1.29, 1.82) is 0 Å². The molecule has 5 heteroatoms. The van der Waals surface area contributed by atoms with E-state index in [1.165, 1.54) is 0 Å². The maximum absolute atomic E-state index is 11.9. The molecule has 0 atom stereocenters. The van der Waals surface area contributed by atoms with Gasteiger partial charge in [-0.2, -0.15) is 0 Å². The normalized spacial score (nSPS) is 10.5. The fourth-order valence-electron chi connectivity index (χ4n) is 2.77.